The zero-order chi connectivity index (χ0) is 14.4. The first-order valence-electron chi connectivity index (χ1n) is 7.00. The van der Waals surface area contributed by atoms with E-state index in [-0.39, 0.29) is 17.7 Å². The lowest BCUT2D eigenvalue weighted by Gasteiger charge is -2.21. The number of amides is 2. The molecule has 1 saturated heterocycles. The van der Waals surface area contributed by atoms with E-state index in [1.165, 1.54) is 6.92 Å². The van der Waals surface area contributed by atoms with E-state index >= 15 is 0 Å². The van der Waals surface area contributed by atoms with Crippen molar-refractivity contribution in [2.75, 3.05) is 18.4 Å². The molecule has 0 saturated carbocycles. The number of hydrogen-bond acceptors (Lipinski definition) is 3. The third-order valence-electron chi connectivity index (χ3n) is 3.38. The number of nitrogens with one attached hydrogen (secondary N) is 3. The number of anilines is 1. The van der Waals surface area contributed by atoms with E-state index in [0.717, 1.165) is 37.2 Å². The molecule has 1 aromatic carbocycles. The van der Waals surface area contributed by atoms with Gasteiger partial charge in [0.15, 0.2) is 0 Å². The third-order valence-corrected chi connectivity index (χ3v) is 3.38. The highest BCUT2D eigenvalue weighted by atomic mass is 16.2. The van der Waals surface area contributed by atoms with Crippen molar-refractivity contribution in [3.8, 4) is 0 Å². The molecule has 0 radical (unpaired) electrons. The molecule has 1 heterocycles. The summed E-state index contributed by atoms with van der Waals surface area (Å²) in [6.07, 6.45) is 2.00. The van der Waals surface area contributed by atoms with Crippen LogP contribution in [-0.2, 0) is 16.1 Å². The normalized spacial score (nSPS) is 18.4. The quantitative estimate of drug-likeness (QED) is 0.775. The maximum atomic E-state index is 12.0. The molecule has 2 rings (SSSR count). The number of hydrogen-bond donors (Lipinski definition) is 3. The number of benzene rings is 1. The van der Waals surface area contributed by atoms with Crippen molar-refractivity contribution < 1.29 is 9.59 Å². The van der Waals surface area contributed by atoms with Crippen LogP contribution in [0.15, 0.2) is 24.3 Å². The first kappa shape index (κ1) is 14.5. The van der Waals surface area contributed by atoms with Crippen molar-refractivity contribution in [1.82, 2.24) is 10.6 Å². The predicted molar refractivity (Wildman–Crippen MR) is 78.2 cm³/mol. The second kappa shape index (κ2) is 7.05. The predicted octanol–water partition coefficient (Wildman–Crippen LogP) is 1.26. The number of piperidine rings is 1. The molecule has 0 aromatic heterocycles. The molecule has 20 heavy (non-hydrogen) atoms. The second-order valence-electron chi connectivity index (χ2n) is 5.14. The van der Waals surface area contributed by atoms with Gasteiger partial charge in [-0.3, -0.25) is 9.59 Å². The lowest BCUT2D eigenvalue weighted by molar-refractivity contribution is -0.125. The van der Waals surface area contributed by atoms with Crippen LogP contribution in [0.25, 0.3) is 0 Å². The topological polar surface area (TPSA) is 70.2 Å². The molecular weight excluding hydrogens is 254 g/mol. The van der Waals surface area contributed by atoms with Crippen molar-refractivity contribution in [2.24, 2.45) is 5.92 Å². The van der Waals surface area contributed by atoms with E-state index < -0.39 is 0 Å². The third kappa shape index (κ3) is 4.35. The summed E-state index contributed by atoms with van der Waals surface area (Å²) >= 11 is 0. The Morgan fingerprint density at radius 3 is 2.95 bits per heavy atom. The van der Waals surface area contributed by atoms with Gasteiger partial charge in [-0.25, -0.2) is 0 Å². The molecule has 2 amide bonds. The minimum Gasteiger partial charge on any atom is -0.352 e. The minimum absolute atomic E-state index is 0.0716. The number of carbonyl (C=O) groups excluding carboxylic acids is 2. The first-order valence-corrected chi connectivity index (χ1v) is 7.00. The van der Waals surface area contributed by atoms with Crippen LogP contribution in [0.1, 0.15) is 25.3 Å². The first-order chi connectivity index (χ1) is 9.65. The highest BCUT2D eigenvalue weighted by Crippen LogP contribution is 2.12. The van der Waals surface area contributed by atoms with Gasteiger partial charge in [0.2, 0.25) is 11.8 Å². The standard InChI is InChI=1S/C15H21N3O2/c1-11(19)18-14-6-2-4-12(8-14)9-17-15(20)13-5-3-7-16-10-13/h2,4,6,8,13,16H,3,5,7,9-10H2,1H3,(H,17,20)(H,18,19). The van der Waals surface area contributed by atoms with E-state index in [1.54, 1.807) is 0 Å². The average Bonchev–Trinajstić information content (AvgIpc) is 2.45. The summed E-state index contributed by atoms with van der Waals surface area (Å²) in [6.45, 7) is 3.73. The molecule has 0 spiro atoms. The van der Waals surface area contributed by atoms with Crippen LogP contribution >= 0.6 is 0 Å². The van der Waals surface area contributed by atoms with Gasteiger partial charge >= 0.3 is 0 Å². The average molecular weight is 275 g/mol. The molecule has 1 unspecified atom stereocenters. The Kier molecular flexibility index (Phi) is 5.12. The Morgan fingerprint density at radius 1 is 1.40 bits per heavy atom. The molecule has 1 aromatic rings. The summed E-state index contributed by atoms with van der Waals surface area (Å²) in [6, 6.07) is 7.51. The van der Waals surface area contributed by atoms with Crippen LogP contribution in [0.4, 0.5) is 5.69 Å². The summed E-state index contributed by atoms with van der Waals surface area (Å²) in [5.41, 5.74) is 1.73. The van der Waals surface area contributed by atoms with E-state index in [0.29, 0.717) is 6.54 Å². The molecule has 1 fully saturated rings. The zero-order valence-corrected chi connectivity index (χ0v) is 11.7. The molecule has 1 atom stereocenters. The van der Waals surface area contributed by atoms with Crippen LogP contribution in [0.5, 0.6) is 0 Å². The van der Waals surface area contributed by atoms with Crippen molar-refractivity contribution >= 4 is 17.5 Å². The Bertz CT molecular complexity index is 482. The van der Waals surface area contributed by atoms with Gasteiger partial charge < -0.3 is 16.0 Å². The van der Waals surface area contributed by atoms with Crippen molar-refractivity contribution in [3.05, 3.63) is 29.8 Å². The smallest absolute Gasteiger partial charge is 0.224 e. The number of carbonyl (C=O) groups is 2. The second-order valence-corrected chi connectivity index (χ2v) is 5.14. The molecule has 0 aliphatic carbocycles. The van der Waals surface area contributed by atoms with Crippen molar-refractivity contribution in [3.63, 3.8) is 0 Å². The van der Waals surface area contributed by atoms with Crippen LogP contribution in [0.3, 0.4) is 0 Å². The van der Waals surface area contributed by atoms with Crippen LogP contribution < -0.4 is 16.0 Å². The molecule has 5 nitrogen and oxygen atoms in total. The molecule has 108 valence electrons. The summed E-state index contributed by atoms with van der Waals surface area (Å²) in [7, 11) is 0. The number of rotatable bonds is 4. The Labute approximate surface area is 119 Å². The van der Waals surface area contributed by atoms with Crippen molar-refractivity contribution in [2.45, 2.75) is 26.3 Å². The fourth-order valence-electron chi connectivity index (χ4n) is 2.37. The SMILES string of the molecule is CC(=O)Nc1cccc(CNC(=O)C2CCCNC2)c1. The summed E-state index contributed by atoms with van der Waals surface area (Å²) in [5, 5.41) is 8.93. The van der Waals surface area contributed by atoms with E-state index in [4.69, 9.17) is 0 Å². The van der Waals surface area contributed by atoms with Gasteiger partial charge in [0.1, 0.15) is 0 Å². The minimum atomic E-state index is -0.0977. The van der Waals surface area contributed by atoms with Gasteiger partial charge in [0, 0.05) is 25.7 Å². The Hall–Kier alpha value is -1.88. The summed E-state index contributed by atoms with van der Waals surface area (Å²) in [4.78, 5) is 23.0. The van der Waals surface area contributed by atoms with Crippen LogP contribution in [0, 0.1) is 5.92 Å². The zero-order valence-electron chi connectivity index (χ0n) is 11.7. The molecule has 5 heteroatoms. The molecule has 1 aliphatic heterocycles. The molecular formula is C15H21N3O2. The highest BCUT2D eigenvalue weighted by molar-refractivity contribution is 5.88. The molecule has 0 bridgehead atoms. The van der Waals surface area contributed by atoms with E-state index in [1.807, 2.05) is 24.3 Å². The van der Waals surface area contributed by atoms with Gasteiger partial charge in [-0.1, -0.05) is 12.1 Å². The highest BCUT2D eigenvalue weighted by Gasteiger charge is 2.20. The summed E-state index contributed by atoms with van der Waals surface area (Å²) in [5.74, 6) is 0.0730. The van der Waals surface area contributed by atoms with Crippen LogP contribution in [0.2, 0.25) is 0 Å². The fourth-order valence-corrected chi connectivity index (χ4v) is 2.37. The van der Waals surface area contributed by atoms with E-state index in [9.17, 15) is 9.59 Å². The van der Waals surface area contributed by atoms with E-state index in [2.05, 4.69) is 16.0 Å². The lowest BCUT2D eigenvalue weighted by Crippen LogP contribution is -2.40. The lowest BCUT2D eigenvalue weighted by atomic mass is 9.99. The fraction of sp³-hybridized carbons (Fsp3) is 0.467. The molecule has 1 aliphatic rings. The Balaban J connectivity index is 1.86. The van der Waals surface area contributed by atoms with Gasteiger partial charge in [-0.05, 0) is 37.1 Å². The van der Waals surface area contributed by atoms with Crippen molar-refractivity contribution in [1.29, 1.82) is 0 Å². The van der Waals surface area contributed by atoms with Gasteiger partial charge in [-0.2, -0.15) is 0 Å². The largest absolute Gasteiger partial charge is 0.352 e. The maximum absolute atomic E-state index is 12.0. The van der Waals surface area contributed by atoms with Gasteiger partial charge in [0.25, 0.3) is 0 Å². The molecule has 3 N–H and O–H groups in total. The maximum Gasteiger partial charge on any atom is 0.224 e. The van der Waals surface area contributed by atoms with Crippen LogP contribution in [-0.4, -0.2) is 24.9 Å². The van der Waals surface area contributed by atoms with Gasteiger partial charge in [-0.15, -0.1) is 0 Å². The Morgan fingerprint density at radius 2 is 2.25 bits per heavy atom. The summed E-state index contributed by atoms with van der Waals surface area (Å²) < 4.78 is 0. The monoisotopic (exact) mass is 275 g/mol. The van der Waals surface area contributed by atoms with Gasteiger partial charge in [0.05, 0.1) is 5.92 Å².